The van der Waals surface area contributed by atoms with Crippen LogP contribution in [0.15, 0.2) is 60.8 Å². The Morgan fingerprint density at radius 3 is 2.53 bits per heavy atom. The van der Waals surface area contributed by atoms with Gasteiger partial charge in [0.15, 0.2) is 0 Å². The quantitative estimate of drug-likeness (QED) is 0.629. The molecule has 1 fully saturated rings. The highest BCUT2D eigenvalue weighted by Crippen LogP contribution is 2.38. The minimum atomic E-state index is -0.152. The van der Waals surface area contributed by atoms with E-state index in [0.717, 1.165) is 65.8 Å². The number of anilines is 3. The highest BCUT2D eigenvalue weighted by atomic mass is 35.5. The molecule has 6 nitrogen and oxygen atoms in total. The van der Waals surface area contributed by atoms with Crippen LogP contribution in [-0.4, -0.2) is 55.7 Å². The summed E-state index contributed by atoms with van der Waals surface area (Å²) in [5.41, 5.74) is 5.47. The number of fused-ring (bicyclic) bond motifs is 1. The third-order valence-electron chi connectivity index (χ3n) is 6.23. The van der Waals surface area contributed by atoms with Crippen molar-refractivity contribution in [3.05, 3.63) is 71.4 Å². The molecular weight excluding hydrogens is 422 g/mol. The van der Waals surface area contributed by atoms with Gasteiger partial charge in [-0.2, -0.15) is 0 Å². The summed E-state index contributed by atoms with van der Waals surface area (Å²) in [6.07, 6.45) is 2.54. The average molecular weight is 448 g/mol. The fourth-order valence-electron chi connectivity index (χ4n) is 4.41. The molecule has 32 heavy (non-hydrogen) atoms. The zero-order valence-electron chi connectivity index (χ0n) is 18.1. The topological polar surface area (TPSA) is 51.7 Å². The molecule has 1 saturated heterocycles. The maximum absolute atomic E-state index is 13.3. The molecule has 0 spiro atoms. The zero-order valence-corrected chi connectivity index (χ0v) is 18.8. The molecule has 2 aliphatic rings. The Labute approximate surface area is 193 Å². The Bertz CT molecular complexity index is 1130. The summed E-state index contributed by atoms with van der Waals surface area (Å²) < 4.78 is 0. The SMILES string of the molecule is CN1CCN(c2cc3c(cc2Cl)CCN3C(=O)Nc2cccnc2-c2ccccc2)CC1. The molecule has 0 bridgehead atoms. The van der Waals surface area contributed by atoms with Gasteiger partial charge in [0.2, 0.25) is 0 Å². The molecule has 2 aromatic carbocycles. The summed E-state index contributed by atoms with van der Waals surface area (Å²) in [5, 5.41) is 3.84. The van der Waals surface area contributed by atoms with Crippen LogP contribution in [0.3, 0.4) is 0 Å². The maximum atomic E-state index is 13.3. The molecule has 0 radical (unpaired) electrons. The Morgan fingerprint density at radius 2 is 1.75 bits per heavy atom. The summed E-state index contributed by atoms with van der Waals surface area (Å²) in [5.74, 6) is 0. The third-order valence-corrected chi connectivity index (χ3v) is 6.53. The van der Waals surface area contributed by atoms with E-state index in [9.17, 15) is 4.79 Å². The van der Waals surface area contributed by atoms with Crippen LogP contribution >= 0.6 is 11.6 Å². The molecule has 164 valence electrons. The van der Waals surface area contributed by atoms with Gasteiger partial charge in [-0.1, -0.05) is 41.9 Å². The molecule has 7 heteroatoms. The van der Waals surface area contributed by atoms with Crippen molar-refractivity contribution < 1.29 is 4.79 Å². The van der Waals surface area contributed by atoms with Gasteiger partial charge in [0.05, 0.1) is 27.8 Å². The summed E-state index contributed by atoms with van der Waals surface area (Å²) >= 11 is 6.64. The Kier molecular flexibility index (Phi) is 5.72. The predicted molar refractivity (Wildman–Crippen MR) is 131 cm³/mol. The van der Waals surface area contributed by atoms with E-state index >= 15 is 0 Å². The number of hydrogen-bond acceptors (Lipinski definition) is 4. The van der Waals surface area contributed by atoms with Crippen molar-refractivity contribution in [2.24, 2.45) is 0 Å². The molecule has 0 unspecified atom stereocenters. The molecule has 0 atom stereocenters. The fraction of sp³-hybridized carbons (Fsp3) is 0.280. The smallest absolute Gasteiger partial charge is 0.326 e. The van der Waals surface area contributed by atoms with E-state index in [1.165, 1.54) is 0 Å². The molecule has 5 rings (SSSR count). The number of carbonyl (C=O) groups is 1. The number of nitrogens with zero attached hydrogens (tertiary/aromatic N) is 4. The van der Waals surface area contributed by atoms with Crippen molar-refractivity contribution in [2.75, 3.05) is 54.9 Å². The van der Waals surface area contributed by atoms with Gasteiger partial charge in [-0.15, -0.1) is 0 Å². The van der Waals surface area contributed by atoms with Crippen molar-refractivity contribution in [3.63, 3.8) is 0 Å². The average Bonchev–Trinajstić information content (AvgIpc) is 3.23. The number of carbonyl (C=O) groups excluding carboxylic acids is 1. The van der Waals surface area contributed by atoms with Crippen molar-refractivity contribution in [1.29, 1.82) is 0 Å². The van der Waals surface area contributed by atoms with Crippen LogP contribution < -0.4 is 15.1 Å². The lowest BCUT2D eigenvalue weighted by molar-refractivity contribution is 0.257. The molecular formula is C25H26ClN5O. The highest BCUT2D eigenvalue weighted by Gasteiger charge is 2.28. The normalized spacial score (nSPS) is 16.2. The number of nitrogens with one attached hydrogen (secondary N) is 1. The standard InChI is InChI=1S/C25H26ClN5O/c1-29-12-14-30(15-13-29)23-17-22-19(16-20(23)26)9-11-31(22)25(32)28-21-8-5-10-27-24(21)18-6-3-2-4-7-18/h2-8,10,16-17H,9,11-15H2,1H3,(H,28,32). The molecule has 3 heterocycles. The van der Waals surface area contributed by atoms with Crippen LogP contribution in [0.4, 0.5) is 21.9 Å². The van der Waals surface area contributed by atoms with Crippen molar-refractivity contribution in [3.8, 4) is 11.3 Å². The Balaban J connectivity index is 1.40. The number of urea groups is 1. The van der Waals surface area contributed by atoms with Gasteiger partial charge in [0, 0.05) is 44.5 Å². The summed E-state index contributed by atoms with van der Waals surface area (Å²) in [7, 11) is 2.13. The third kappa shape index (κ3) is 4.04. The van der Waals surface area contributed by atoms with Crippen LogP contribution in [0.2, 0.25) is 5.02 Å². The Morgan fingerprint density at radius 1 is 0.969 bits per heavy atom. The number of hydrogen-bond donors (Lipinski definition) is 1. The number of amides is 2. The van der Waals surface area contributed by atoms with Crippen molar-refractivity contribution >= 4 is 34.7 Å². The minimum Gasteiger partial charge on any atom is -0.368 e. The van der Waals surface area contributed by atoms with Gasteiger partial charge >= 0.3 is 6.03 Å². The van der Waals surface area contributed by atoms with Crippen molar-refractivity contribution in [1.82, 2.24) is 9.88 Å². The molecule has 1 N–H and O–H groups in total. The van der Waals surface area contributed by atoms with E-state index in [1.807, 2.05) is 53.4 Å². The molecule has 2 amide bonds. The van der Waals surface area contributed by atoms with Crippen LogP contribution in [-0.2, 0) is 6.42 Å². The first kappa shape index (κ1) is 20.8. The van der Waals surface area contributed by atoms with Gasteiger partial charge in [0.1, 0.15) is 0 Å². The van der Waals surface area contributed by atoms with E-state index in [2.05, 4.69) is 33.2 Å². The molecule has 2 aliphatic heterocycles. The first-order chi connectivity index (χ1) is 15.6. The number of rotatable bonds is 3. The van der Waals surface area contributed by atoms with Gasteiger partial charge in [0.25, 0.3) is 0 Å². The van der Waals surface area contributed by atoms with E-state index in [-0.39, 0.29) is 6.03 Å². The summed E-state index contributed by atoms with van der Waals surface area (Å²) in [6, 6.07) is 17.6. The van der Waals surface area contributed by atoms with Gasteiger partial charge < -0.3 is 15.1 Å². The molecule has 3 aromatic rings. The monoisotopic (exact) mass is 447 g/mol. The van der Waals surface area contributed by atoms with Crippen LogP contribution in [0.25, 0.3) is 11.3 Å². The van der Waals surface area contributed by atoms with E-state index in [1.54, 1.807) is 6.20 Å². The minimum absolute atomic E-state index is 0.152. The van der Waals surface area contributed by atoms with Crippen LogP contribution in [0, 0.1) is 0 Å². The maximum Gasteiger partial charge on any atom is 0.326 e. The van der Waals surface area contributed by atoms with E-state index in [4.69, 9.17) is 11.6 Å². The number of benzene rings is 2. The van der Waals surface area contributed by atoms with E-state index in [0.29, 0.717) is 12.2 Å². The lowest BCUT2D eigenvalue weighted by Crippen LogP contribution is -2.44. The zero-order chi connectivity index (χ0) is 22.1. The van der Waals surface area contributed by atoms with Gasteiger partial charge in [-0.3, -0.25) is 9.88 Å². The lowest BCUT2D eigenvalue weighted by Gasteiger charge is -2.35. The summed E-state index contributed by atoms with van der Waals surface area (Å²) in [4.78, 5) is 24.3. The highest BCUT2D eigenvalue weighted by molar-refractivity contribution is 6.33. The predicted octanol–water partition coefficient (Wildman–Crippen LogP) is 4.75. The largest absolute Gasteiger partial charge is 0.368 e. The second-order valence-electron chi connectivity index (χ2n) is 8.32. The van der Waals surface area contributed by atoms with Gasteiger partial charge in [-0.05, 0) is 43.3 Å². The molecule has 0 aliphatic carbocycles. The molecule has 0 saturated carbocycles. The van der Waals surface area contributed by atoms with Crippen LogP contribution in [0.1, 0.15) is 5.56 Å². The van der Waals surface area contributed by atoms with Crippen molar-refractivity contribution in [2.45, 2.75) is 6.42 Å². The second-order valence-corrected chi connectivity index (χ2v) is 8.73. The second kappa shape index (κ2) is 8.81. The number of pyridine rings is 1. The number of likely N-dealkylation sites (N-methyl/N-ethyl adjacent to an activating group) is 1. The summed E-state index contributed by atoms with van der Waals surface area (Å²) in [6.45, 7) is 4.49. The molecule has 1 aromatic heterocycles. The number of piperazine rings is 1. The first-order valence-corrected chi connectivity index (χ1v) is 11.3. The Hall–Kier alpha value is -3.09. The first-order valence-electron chi connectivity index (χ1n) is 10.9. The number of aromatic nitrogens is 1. The fourth-order valence-corrected chi connectivity index (χ4v) is 4.72. The van der Waals surface area contributed by atoms with Gasteiger partial charge in [-0.25, -0.2) is 4.79 Å². The lowest BCUT2D eigenvalue weighted by atomic mass is 10.1. The van der Waals surface area contributed by atoms with Crippen LogP contribution in [0.5, 0.6) is 0 Å². The van der Waals surface area contributed by atoms with E-state index < -0.39 is 0 Å². The number of halogens is 1.